The van der Waals surface area contributed by atoms with Crippen LogP contribution in [-0.4, -0.2) is 40.3 Å². The number of hydrogen-bond acceptors (Lipinski definition) is 4. The van der Waals surface area contributed by atoms with E-state index >= 15 is 0 Å². The predicted molar refractivity (Wildman–Crippen MR) is 109 cm³/mol. The van der Waals surface area contributed by atoms with Gasteiger partial charge >= 0.3 is 0 Å². The molecule has 0 N–H and O–H groups in total. The molecule has 7 heteroatoms. The van der Waals surface area contributed by atoms with Gasteiger partial charge in [-0.15, -0.1) is 0 Å². The minimum Gasteiger partial charge on any atom is -0.486 e. The van der Waals surface area contributed by atoms with Crippen LogP contribution in [0.1, 0.15) is 34.8 Å². The van der Waals surface area contributed by atoms with Crippen molar-refractivity contribution >= 4 is 17.5 Å². The first-order chi connectivity index (χ1) is 14.2. The van der Waals surface area contributed by atoms with Gasteiger partial charge in [0.2, 0.25) is 0 Å². The van der Waals surface area contributed by atoms with Crippen LogP contribution in [0, 0.1) is 0 Å². The summed E-state index contributed by atoms with van der Waals surface area (Å²) in [7, 11) is 0. The molecule has 0 radical (unpaired) electrons. The van der Waals surface area contributed by atoms with Crippen molar-refractivity contribution in [1.29, 1.82) is 0 Å². The van der Waals surface area contributed by atoms with E-state index in [1.54, 1.807) is 23.1 Å². The molecule has 1 aromatic heterocycles. The Bertz CT molecular complexity index is 1060. The monoisotopic (exact) mass is 409 g/mol. The number of rotatable bonds is 3. The molecule has 1 unspecified atom stereocenters. The van der Waals surface area contributed by atoms with Crippen molar-refractivity contribution < 1.29 is 14.3 Å². The zero-order valence-corrected chi connectivity index (χ0v) is 16.5. The van der Waals surface area contributed by atoms with Crippen molar-refractivity contribution in [2.75, 3.05) is 19.8 Å². The predicted octanol–water partition coefficient (Wildman–Crippen LogP) is 4.27. The molecule has 1 fully saturated rings. The molecule has 1 saturated heterocycles. The number of para-hydroxylation sites is 1. The topological polar surface area (TPSA) is 56.6 Å². The highest BCUT2D eigenvalue weighted by Gasteiger charge is 2.32. The molecule has 6 nitrogen and oxygen atoms in total. The second-order valence-electron chi connectivity index (χ2n) is 7.18. The summed E-state index contributed by atoms with van der Waals surface area (Å²) in [5.74, 6) is 1.48. The Kier molecular flexibility index (Phi) is 4.64. The quantitative estimate of drug-likeness (QED) is 0.648. The number of aromatic nitrogens is 2. The molecule has 0 aliphatic carbocycles. The zero-order chi connectivity index (χ0) is 19.8. The molecule has 148 valence electrons. The highest BCUT2D eigenvalue weighted by atomic mass is 35.5. The zero-order valence-electron chi connectivity index (χ0n) is 15.8. The van der Waals surface area contributed by atoms with Crippen LogP contribution < -0.4 is 9.47 Å². The summed E-state index contributed by atoms with van der Waals surface area (Å²) >= 11 is 6.26. The summed E-state index contributed by atoms with van der Waals surface area (Å²) in [6.07, 6.45) is 5.22. The van der Waals surface area contributed by atoms with Gasteiger partial charge in [-0.3, -0.25) is 4.79 Å². The smallest absolute Gasteiger partial charge is 0.257 e. The van der Waals surface area contributed by atoms with Gasteiger partial charge in [0.05, 0.1) is 28.5 Å². The molecule has 0 bridgehead atoms. The number of fused-ring (bicyclic) bond motifs is 1. The second kappa shape index (κ2) is 7.44. The summed E-state index contributed by atoms with van der Waals surface area (Å²) in [4.78, 5) is 15.1. The van der Waals surface area contributed by atoms with Gasteiger partial charge in [0, 0.05) is 12.7 Å². The Balaban J connectivity index is 1.40. The Morgan fingerprint density at radius 2 is 1.93 bits per heavy atom. The van der Waals surface area contributed by atoms with Crippen molar-refractivity contribution in [2.45, 2.75) is 18.9 Å². The van der Waals surface area contributed by atoms with E-state index in [0.717, 1.165) is 42.1 Å². The molecule has 2 aliphatic rings. The van der Waals surface area contributed by atoms with Crippen LogP contribution in [0.25, 0.3) is 5.69 Å². The number of benzene rings is 2. The fourth-order valence-electron chi connectivity index (χ4n) is 3.99. The maximum atomic E-state index is 13.2. The van der Waals surface area contributed by atoms with Gasteiger partial charge < -0.3 is 14.4 Å². The normalized spacial score (nSPS) is 18.1. The molecule has 5 rings (SSSR count). The van der Waals surface area contributed by atoms with Gasteiger partial charge in [-0.2, -0.15) is 5.10 Å². The lowest BCUT2D eigenvalue weighted by atomic mass is 10.0. The van der Waals surface area contributed by atoms with Gasteiger partial charge in [0.1, 0.15) is 13.2 Å². The largest absolute Gasteiger partial charge is 0.486 e. The van der Waals surface area contributed by atoms with Crippen LogP contribution in [0.3, 0.4) is 0 Å². The van der Waals surface area contributed by atoms with E-state index in [2.05, 4.69) is 5.10 Å². The number of nitrogens with zero attached hydrogens (tertiary/aromatic N) is 3. The van der Waals surface area contributed by atoms with Crippen molar-refractivity contribution in [3.8, 4) is 17.2 Å². The van der Waals surface area contributed by atoms with Crippen LogP contribution >= 0.6 is 11.6 Å². The third-order valence-electron chi connectivity index (χ3n) is 5.39. The summed E-state index contributed by atoms with van der Waals surface area (Å²) < 4.78 is 13.0. The molecule has 2 aliphatic heterocycles. The Hall–Kier alpha value is -2.99. The lowest BCUT2D eigenvalue weighted by Crippen LogP contribution is -2.30. The summed E-state index contributed by atoms with van der Waals surface area (Å²) in [5, 5.41) is 4.93. The fraction of sp³-hybridized carbons (Fsp3) is 0.273. The van der Waals surface area contributed by atoms with E-state index in [9.17, 15) is 4.79 Å². The highest BCUT2D eigenvalue weighted by Crippen LogP contribution is 2.38. The first kappa shape index (κ1) is 18.1. The SMILES string of the molecule is O=C(c1cnn(-c2ccccc2Cl)c1)N1CCCC1c1ccc2c(c1)OCCO2. The molecule has 3 heterocycles. The number of halogens is 1. The lowest BCUT2D eigenvalue weighted by molar-refractivity contribution is 0.0735. The van der Waals surface area contributed by atoms with E-state index in [-0.39, 0.29) is 11.9 Å². The van der Waals surface area contributed by atoms with Crippen LogP contribution in [0.4, 0.5) is 0 Å². The first-order valence-corrected chi connectivity index (χ1v) is 10.1. The minimum atomic E-state index is -0.0271. The third kappa shape index (κ3) is 3.34. The molecule has 29 heavy (non-hydrogen) atoms. The van der Waals surface area contributed by atoms with Crippen molar-refractivity contribution in [3.63, 3.8) is 0 Å². The number of ether oxygens (including phenoxy) is 2. The van der Waals surface area contributed by atoms with E-state index in [0.29, 0.717) is 23.8 Å². The van der Waals surface area contributed by atoms with Gasteiger partial charge in [0.25, 0.3) is 5.91 Å². The number of carbonyl (C=O) groups excluding carboxylic acids is 1. The van der Waals surface area contributed by atoms with Crippen LogP contribution in [0.15, 0.2) is 54.9 Å². The number of carbonyl (C=O) groups is 1. The molecule has 2 aromatic carbocycles. The van der Waals surface area contributed by atoms with Gasteiger partial charge in [-0.25, -0.2) is 4.68 Å². The van der Waals surface area contributed by atoms with Gasteiger partial charge in [-0.1, -0.05) is 29.8 Å². The molecule has 3 aromatic rings. The van der Waals surface area contributed by atoms with Crippen LogP contribution in [-0.2, 0) is 0 Å². The summed E-state index contributed by atoms with van der Waals surface area (Å²) in [6, 6.07) is 13.4. The van der Waals surface area contributed by atoms with Crippen molar-refractivity contribution in [2.24, 2.45) is 0 Å². The maximum absolute atomic E-state index is 13.2. The molecule has 1 amide bonds. The summed E-state index contributed by atoms with van der Waals surface area (Å²) in [6.45, 7) is 1.83. The third-order valence-corrected chi connectivity index (χ3v) is 5.71. The number of hydrogen-bond donors (Lipinski definition) is 0. The minimum absolute atomic E-state index is 0.0157. The van der Waals surface area contributed by atoms with Crippen molar-refractivity contribution in [3.05, 3.63) is 71.0 Å². The molecular formula is C22H20ClN3O3. The average molecular weight is 410 g/mol. The molecule has 1 atom stereocenters. The maximum Gasteiger partial charge on any atom is 0.257 e. The second-order valence-corrected chi connectivity index (χ2v) is 7.59. The van der Waals surface area contributed by atoms with E-state index < -0.39 is 0 Å². The molecule has 0 spiro atoms. The Morgan fingerprint density at radius 3 is 2.79 bits per heavy atom. The van der Waals surface area contributed by atoms with Gasteiger partial charge in [-0.05, 0) is 42.7 Å². The van der Waals surface area contributed by atoms with E-state index in [1.807, 2.05) is 41.3 Å². The van der Waals surface area contributed by atoms with Crippen LogP contribution in [0.5, 0.6) is 11.5 Å². The van der Waals surface area contributed by atoms with E-state index in [1.165, 1.54) is 0 Å². The number of likely N-dealkylation sites (tertiary alicyclic amines) is 1. The number of amides is 1. The average Bonchev–Trinajstić information content (AvgIpc) is 3.43. The van der Waals surface area contributed by atoms with Crippen LogP contribution in [0.2, 0.25) is 5.02 Å². The van der Waals surface area contributed by atoms with E-state index in [4.69, 9.17) is 21.1 Å². The van der Waals surface area contributed by atoms with Crippen molar-refractivity contribution in [1.82, 2.24) is 14.7 Å². The Labute approximate surface area is 173 Å². The van der Waals surface area contributed by atoms with Gasteiger partial charge in [0.15, 0.2) is 11.5 Å². The standard InChI is InChI=1S/C22H20ClN3O3/c23-17-4-1-2-5-19(17)26-14-16(13-24-26)22(27)25-9-3-6-18(25)15-7-8-20-21(12-15)29-11-10-28-20/h1-2,4-5,7-8,12-14,18H,3,6,9-11H2. The Morgan fingerprint density at radius 1 is 1.10 bits per heavy atom. The fourth-order valence-corrected chi connectivity index (χ4v) is 4.21. The first-order valence-electron chi connectivity index (χ1n) is 9.71. The molecule has 0 saturated carbocycles. The lowest BCUT2D eigenvalue weighted by Gasteiger charge is -2.26. The highest BCUT2D eigenvalue weighted by molar-refractivity contribution is 6.32. The molecular weight excluding hydrogens is 390 g/mol. The summed E-state index contributed by atoms with van der Waals surface area (Å²) in [5.41, 5.74) is 2.37.